The molecule has 4 aliphatic rings. The number of nitrogens with zero attached hydrogens (tertiary/aromatic N) is 6. The summed E-state index contributed by atoms with van der Waals surface area (Å²) in [4.78, 5) is 21.7. The quantitative estimate of drug-likeness (QED) is 0.601. The number of aryl methyl sites for hydroxylation is 1. The van der Waals surface area contributed by atoms with Crippen LogP contribution in [0.4, 0.5) is 11.5 Å². The zero-order valence-corrected chi connectivity index (χ0v) is 19.2. The van der Waals surface area contributed by atoms with E-state index in [9.17, 15) is 4.79 Å². The summed E-state index contributed by atoms with van der Waals surface area (Å²) in [6, 6.07) is 7.46. The SMILES string of the molecule is CC(=O)N1CCn2c(C3CC3)nc(N3CCCc4cc(-c5cnn(C6CC6)c5)ccc43)c2C1. The normalized spacial score (nSPS) is 20.0. The summed E-state index contributed by atoms with van der Waals surface area (Å²) < 4.78 is 4.54. The van der Waals surface area contributed by atoms with Crippen LogP contribution in [0.3, 0.4) is 0 Å². The molecule has 0 bridgehead atoms. The maximum absolute atomic E-state index is 12.1. The number of benzene rings is 1. The lowest BCUT2D eigenvalue weighted by molar-refractivity contribution is -0.130. The standard InChI is InChI=1S/C26H30N6O/c1-17(33)29-11-12-31-24(16-29)26(28-25(31)18-4-5-18)30-10-2-3-20-13-19(6-9-23(20)30)21-14-27-32(15-21)22-7-8-22/h6,9,13-15,18,22H,2-5,7-8,10-12,16H2,1H3. The summed E-state index contributed by atoms with van der Waals surface area (Å²) in [5.41, 5.74) is 6.31. The minimum atomic E-state index is 0.150. The highest BCUT2D eigenvalue weighted by Gasteiger charge is 2.36. The second kappa shape index (κ2) is 7.20. The van der Waals surface area contributed by atoms with Gasteiger partial charge in [0, 0.05) is 49.9 Å². The van der Waals surface area contributed by atoms with Crippen molar-refractivity contribution in [3.05, 3.63) is 47.7 Å². The Kier molecular flexibility index (Phi) is 4.23. The molecule has 7 rings (SSSR count). The maximum Gasteiger partial charge on any atom is 0.219 e. The van der Waals surface area contributed by atoms with E-state index in [1.807, 2.05) is 11.1 Å². The first-order valence-electron chi connectivity index (χ1n) is 12.5. The van der Waals surface area contributed by atoms with Crippen LogP contribution in [0, 0.1) is 0 Å². The molecule has 0 unspecified atom stereocenters. The van der Waals surface area contributed by atoms with Crippen LogP contribution in [0.15, 0.2) is 30.6 Å². The third-order valence-electron chi connectivity index (χ3n) is 7.71. The predicted octanol–water partition coefficient (Wildman–Crippen LogP) is 4.41. The molecule has 2 aliphatic heterocycles. The molecule has 1 aromatic carbocycles. The summed E-state index contributed by atoms with van der Waals surface area (Å²) in [6.07, 6.45) is 11.4. The summed E-state index contributed by atoms with van der Waals surface area (Å²) in [7, 11) is 0. The van der Waals surface area contributed by atoms with Crippen molar-refractivity contribution >= 4 is 17.4 Å². The zero-order valence-electron chi connectivity index (χ0n) is 19.2. The molecule has 0 N–H and O–H groups in total. The van der Waals surface area contributed by atoms with Crippen molar-refractivity contribution in [3.63, 3.8) is 0 Å². The van der Waals surface area contributed by atoms with Gasteiger partial charge in [0.05, 0.1) is 24.5 Å². The van der Waals surface area contributed by atoms with Gasteiger partial charge in [-0.3, -0.25) is 9.48 Å². The smallest absolute Gasteiger partial charge is 0.219 e. The minimum Gasteiger partial charge on any atom is -0.335 e. The second-order valence-electron chi connectivity index (χ2n) is 10.1. The van der Waals surface area contributed by atoms with Gasteiger partial charge in [-0.15, -0.1) is 0 Å². The van der Waals surface area contributed by atoms with Gasteiger partial charge in [-0.25, -0.2) is 4.98 Å². The third-order valence-corrected chi connectivity index (χ3v) is 7.71. The molecule has 2 aromatic heterocycles. The fourth-order valence-electron chi connectivity index (χ4n) is 5.54. The van der Waals surface area contributed by atoms with Crippen LogP contribution in [0.1, 0.15) is 68.1 Å². The number of aromatic nitrogens is 4. The Morgan fingerprint density at radius 3 is 2.73 bits per heavy atom. The molecule has 2 fully saturated rings. The number of carbonyl (C=O) groups is 1. The molecular formula is C26H30N6O. The van der Waals surface area contributed by atoms with E-state index in [2.05, 4.69) is 43.6 Å². The van der Waals surface area contributed by atoms with Crippen LogP contribution in [0.2, 0.25) is 0 Å². The Bertz CT molecular complexity index is 1250. The molecule has 1 amide bonds. The number of amides is 1. The highest BCUT2D eigenvalue weighted by atomic mass is 16.2. The van der Waals surface area contributed by atoms with Crippen molar-refractivity contribution in [2.75, 3.05) is 18.0 Å². The van der Waals surface area contributed by atoms with E-state index in [0.29, 0.717) is 18.5 Å². The van der Waals surface area contributed by atoms with E-state index in [1.54, 1.807) is 6.92 Å². The number of hydrogen-bond donors (Lipinski definition) is 0. The van der Waals surface area contributed by atoms with Gasteiger partial charge in [0.2, 0.25) is 5.91 Å². The van der Waals surface area contributed by atoms with Crippen LogP contribution >= 0.6 is 0 Å². The van der Waals surface area contributed by atoms with Gasteiger partial charge in [-0.05, 0) is 61.8 Å². The number of fused-ring (bicyclic) bond motifs is 2. The first-order valence-corrected chi connectivity index (χ1v) is 12.5. The van der Waals surface area contributed by atoms with Gasteiger partial charge in [-0.1, -0.05) is 6.07 Å². The first-order chi connectivity index (χ1) is 16.2. The van der Waals surface area contributed by atoms with E-state index in [4.69, 9.17) is 4.98 Å². The van der Waals surface area contributed by atoms with Gasteiger partial charge >= 0.3 is 0 Å². The number of anilines is 2. The lowest BCUT2D eigenvalue weighted by Crippen LogP contribution is -2.38. The fourth-order valence-corrected chi connectivity index (χ4v) is 5.54. The van der Waals surface area contributed by atoms with Gasteiger partial charge in [-0.2, -0.15) is 5.10 Å². The maximum atomic E-state index is 12.1. The molecule has 0 radical (unpaired) electrons. The molecule has 4 heterocycles. The molecule has 3 aromatic rings. The molecule has 0 spiro atoms. The van der Waals surface area contributed by atoms with Crippen molar-refractivity contribution in [1.82, 2.24) is 24.2 Å². The molecule has 7 nitrogen and oxygen atoms in total. The van der Waals surface area contributed by atoms with E-state index in [0.717, 1.165) is 38.3 Å². The molecule has 7 heteroatoms. The monoisotopic (exact) mass is 442 g/mol. The van der Waals surface area contributed by atoms with Gasteiger partial charge < -0.3 is 14.4 Å². The Labute approximate surface area is 194 Å². The van der Waals surface area contributed by atoms with Crippen molar-refractivity contribution < 1.29 is 4.79 Å². The van der Waals surface area contributed by atoms with Gasteiger partial charge in [0.15, 0.2) is 5.82 Å². The molecule has 2 saturated carbocycles. The summed E-state index contributed by atoms with van der Waals surface area (Å²) in [6.45, 7) is 4.95. The summed E-state index contributed by atoms with van der Waals surface area (Å²) in [5, 5.41) is 4.59. The molecule has 2 aliphatic carbocycles. The summed E-state index contributed by atoms with van der Waals surface area (Å²) in [5.74, 6) is 3.05. The fraction of sp³-hybridized carbons (Fsp3) is 0.500. The first kappa shape index (κ1) is 19.4. The molecular weight excluding hydrogens is 412 g/mol. The number of rotatable bonds is 4. The Morgan fingerprint density at radius 1 is 1.06 bits per heavy atom. The number of carbonyl (C=O) groups excluding carboxylic acids is 1. The molecule has 0 saturated heterocycles. The van der Waals surface area contributed by atoms with Gasteiger partial charge in [0.1, 0.15) is 5.82 Å². The highest BCUT2D eigenvalue weighted by Crippen LogP contribution is 2.44. The predicted molar refractivity (Wildman–Crippen MR) is 127 cm³/mol. The van der Waals surface area contributed by atoms with Crippen molar-refractivity contribution in [3.8, 4) is 11.1 Å². The number of hydrogen-bond acceptors (Lipinski definition) is 4. The average molecular weight is 443 g/mol. The minimum absolute atomic E-state index is 0.150. The van der Waals surface area contributed by atoms with Gasteiger partial charge in [0.25, 0.3) is 0 Å². The second-order valence-corrected chi connectivity index (χ2v) is 10.1. The molecule has 170 valence electrons. The van der Waals surface area contributed by atoms with Crippen molar-refractivity contribution in [2.24, 2.45) is 0 Å². The topological polar surface area (TPSA) is 59.2 Å². The van der Waals surface area contributed by atoms with Crippen molar-refractivity contribution in [1.29, 1.82) is 0 Å². The van der Waals surface area contributed by atoms with E-state index in [1.165, 1.54) is 59.6 Å². The largest absolute Gasteiger partial charge is 0.335 e. The number of imidazole rings is 1. The third kappa shape index (κ3) is 3.28. The van der Waals surface area contributed by atoms with Crippen LogP contribution < -0.4 is 4.90 Å². The zero-order chi connectivity index (χ0) is 22.1. The summed E-state index contributed by atoms with van der Waals surface area (Å²) >= 11 is 0. The van der Waals surface area contributed by atoms with Crippen molar-refractivity contribution in [2.45, 2.75) is 70.5 Å². The lowest BCUT2D eigenvalue weighted by Gasteiger charge is -2.33. The van der Waals surface area contributed by atoms with Crippen LogP contribution in [-0.2, 0) is 24.3 Å². The lowest BCUT2D eigenvalue weighted by atomic mass is 9.97. The van der Waals surface area contributed by atoms with E-state index < -0.39 is 0 Å². The molecule has 0 atom stereocenters. The molecule has 33 heavy (non-hydrogen) atoms. The van der Waals surface area contributed by atoms with E-state index >= 15 is 0 Å². The Balaban J connectivity index is 1.26. The van der Waals surface area contributed by atoms with Crippen LogP contribution in [0.25, 0.3) is 11.1 Å². The Morgan fingerprint density at radius 2 is 1.94 bits per heavy atom. The highest BCUT2D eigenvalue weighted by molar-refractivity contribution is 5.75. The average Bonchev–Trinajstić information content (AvgIpc) is 3.78. The van der Waals surface area contributed by atoms with Crippen LogP contribution in [0.5, 0.6) is 0 Å². The Hall–Kier alpha value is -3.09. The van der Waals surface area contributed by atoms with E-state index in [-0.39, 0.29) is 5.91 Å². The van der Waals surface area contributed by atoms with Crippen LogP contribution in [-0.4, -0.2) is 43.2 Å².